The van der Waals surface area contributed by atoms with Gasteiger partial charge in [-0.15, -0.1) is 12.4 Å². The molecule has 1 atom stereocenters. The molecule has 0 aliphatic carbocycles. The van der Waals surface area contributed by atoms with Gasteiger partial charge >= 0.3 is 0 Å². The van der Waals surface area contributed by atoms with Gasteiger partial charge in [-0.3, -0.25) is 0 Å². The molecular formula is C11H15BrClFN2O2S. The molecule has 4 nitrogen and oxygen atoms in total. The minimum absolute atomic E-state index is 0. The lowest BCUT2D eigenvalue weighted by Crippen LogP contribution is -2.30. The monoisotopic (exact) mass is 372 g/mol. The molecule has 0 radical (unpaired) electrons. The molecule has 1 aromatic carbocycles. The van der Waals surface area contributed by atoms with Gasteiger partial charge in [0.15, 0.2) is 0 Å². The second-order valence-corrected chi connectivity index (χ2v) is 7.15. The van der Waals surface area contributed by atoms with Gasteiger partial charge < -0.3 is 5.73 Å². The van der Waals surface area contributed by atoms with Crippen molar-refractivity contribution in [2.24, 2.45) is 11.7 Å². The Bertz CT molecular complexity index is 556. The van der Waals surface area contributed by atoms with Crippen molar-refractivity contribution in [2.75, 3.05) is 19.6 Å². The maximum Gasteiger partial charge on any atom is 0.245 e. The summed E-state index contributed by atoms with van der Waals surface area (Å²) in [4.78, 5) is -0.275. The van der Waals surface area contributed by atoms with Crippen molar-refractivity contribution >= 4 is 38.4 Å². The smallest absolute Gasteiger partial charge is 0.245 e. The van der Waals surface area contributed by atoms with Crippen LogP contribution in [0, 0.1) is 11.7 Å². The van der Waals surface area contributed by atoms with E-state index >= 15 is 0 Å². The number of nitrogens with two attached hydrogens (primary N) is 1. The SMILES string of the molecule is Cl.NCC1CCN(S(=O)(=O)c2ccc(Br)cc2F)C1. The molecule has 0 spiro atoms. The average molecular weight is 374 g/mol. The lowest BCUT2D eigenvalue weighted by atomic mass is 10.1. The van der Waals surface area contributed by atoms with Gasteiger partial charge in [-0.1, -0.05) is 15.9 Å². The largest absolute Gasteiger partial charge is 0.330 e. The molecule has 8 heteroatoms. The second kappa shape index (κ2) is 6.49. The van der Waals surface area contributed by atoms with Crippen LogP contribution in [0.25, 0.3) is 0 Å². The number of benzene rings is 1. The van der Waals surface area contributed by atoms with E-state index in [2.05, 4.69) is 15.9 Å². The quantitative estimate of drug-likeness (QED) is 0.881. The van der Waals surface area contributed by atoms with E-state index in [1.807, 2.05) is 0 Å². The number of halogens is 3. The van der Waals surface area contributed by atoms with Crippen LogP contribution in [-0.4, -0.2) is 32.4 Å². The van der Waals surface area contributed by atoms with E-state index in [1.165, 1.54) is 16.4 Å². The molecular weight excluding hydrogens is 359 g/mol. The minimum atomic E-state index is -3.75. The molecule has 19 heavy (non-hydrogen) atoms. The minimum Gasteiger partial charge on any atom is -0.330 e. The normalized spacial score (nSPS) is 20.3. The van der Waals surface area contributed by atoms with Gasteiger partial charge in [-0.05, 0) is 37.1 Å². The van der Waals surface area contributed by atoms with Crippen molar-refractivity contribution < 1.29 is 12.8 Å². The van der Waals surface area contributed by atoms with Crippen LogP contribution >= 0.6 is 28.3 Å². The first-order valence-electron chi connectivity index (χ1n) is 5.60. The number of hydrogen-bond donors (Lipinski definition) is 1. The highest BCUT2D eigenvalue weighted by atomic mass is 79.9. The van der Waals surface area contributed by atoms with Crippen LogP contribution in [0.1, 0.15) is 6.42 Å². The van der Waals surface area contributed by atoms with Gasteiger partial charge in [0.05, 0.1) is 0 Å². The first kappa shape index (κ1) is 16.8. The molecule has 2 N–H and O–H groups in total. The molecule has 1 saturated heterocycles. The molecule has 1 unspecified atom stereocenters. The summed E-state index contributed by atoms with van der Waals surface area (Å²) in [5.41, 5.74) is 5.53. The second-order valence-electron chi connectivity index (χ2n) is 4.33. The Balaban J connectivity index is 0.00000180. The summed E-state index contributed by atoms with van der Waals surface area (Å²) in [6.07, 6.45) is 0.730. The maximum absolute atomic E-state index is 13.7. The van der Waals surface area contributed by atoms with E-state index in [0.29, 0.717) is 24.1 Å². The number of hydrogen-bond acceptors (Lipinski definition) is 3. The van der Waals surface area contributed by atoms with Crippen molar-refractivity contribution in [2.45, 2.75) is 11.3 Å². The molecule has 1 fully saturated rings. The highest BCUT2D eigenvalue weighted by Crippen LogP contribution is 2.26. The van der Waals surface area contributed by atoms with E-state index in [1.54, 1.807) is 0 Å². The highest BCUT2D eigenvalue weighted by Gasteiger charge is 2.33. The van der Waals surface area contributed by atoms with Crippen LogP contribution in [0.3, 0.4) is 0 Å². The van der Waals surface area contributed by atoms with Crippen LogP contribution in [-0.2, 0) is 10.0 Å². The van der Waals surface area contributed by atoms with Crippen molar-refractivity contribution in [3.63, 3.8) is 0 Å². The molecule has 0 aromatic heterocycles. The predicted octanol–water partition coefficient (Wildman–Crippen LogP) is 1.98. The Labute approximate surface area is 126 Å². The third-order valence-electron chi connectivity index (χ3n) is 3.09. The first-order chi connectivity index (χ1) is 8.45. The third-order valence-corrected chi connectivity index (χ3v) is 5.49. The Kier molecular flexibility index (Phi) is 5.76. The number of rotatable bonds is 3. The molecule has 1 aliphatic rings. The zero-order valence-corrected chi connectivity index (χ0v) is 13.3. The molecule has 0 amide bonds. The topological polar surface area (TPSA) is 63.4 Å². The molecule has 0 saturated carbocycles. The Hall–Kier alpha value is -0.210. The first-order valence-corrected chi connectivity index (χ1v) is 7.83. The zero-order valence-electron chi connectivity index (χ0n) is 10.1. The molecule has 108 valence electrons. The summed E-state index contributed by atoms with van der Waals surface area (Å²) < 4.78 is 40.1. The van der Waals surface area contributed by atoms with Gasteiger partial charge in [-0.25, -0.2) is 12.8 Å². The highest BCUT2D eigenvalue weighted by molar-refractivity contribution is 9.10. The summed E-state index contributed by atoms with van der Waals surface area (Å²) in [6.45, 7) is 1.23. The van der Waals surface area contributed by atoms with Gasteiger partial charge in [0.25, 0.3) is 0 Å². The summed E-state index contributed by atoms with van der Waals surface area (Å²) in [7, 11) is -3.75. The van der Waals surface area contributed by atoms with Crippen LogP contribution in [0.5, 0.6) is 0 Å². The van der Waals surface area contributed by atoms with Crippen molar-refractivity contribution in [3.8, 4) is 0 Å². The van der Waals surface area contributed by atoms with Gasteiger partial charge in [-0.2, -0.15) is 4.31 Å². The van der Waals surface area contributed by atoms with E-state index in [0.717, 1.165) is 12.5 Å². The molecule has 0 bridgehead atoms. The average Bonchev–Trinajstić information content (AvgIpc) is 2.77. The maximum atomic E-state index is 13.7. The van der Waals surface area contributed by atoms with E-state index in [4.69, 9.17) is 5.73 Å². The van der Waals surface area contributed by atoms with E-state index in [-0.39, 0.29) is 23.2 Å². The van der Waals surface area contributed by atoms with Crippen LogP contribution in [0.4, 0.5) is 4.39 Å². The fourth-order valence-corrected chi connectivity index (χ4v) is 3.94. The Morgan fingerprint density at radius 1 is 1.47 bits per heavy atom. The van der Waals surface area contributed by atoms with Crippen LogP contribution in [0.2, 0.25) is 0 Å². The predicted molar refractivity (Wildman–Crippen MR) is 77.3 cm³/mol. The van der Waals surface area contributed by atoms with Gasteiger partial charge in [0.2, 0.25) is 10.0 Å². The number of sulfonamides is 1. The summed E-state index contributed by atoms with van der Waals surface area (Å²) >= 11 is 3.10. The van der Waals surface area contributed by atoms with E-state index < -0.39 is 15.8 Å². The van der Waals surface area contributed by atoms with Gasteiger partial charge in [0, 0.05) is 17.6 Å². The van der Waals surface area contributed by atoms with Crippen molar-refractivity contribution in [1.29, 1.82) is 0 Å². The fraction of sp³-hybridized carbons (Fsp3) is 0.455. The van der Waals surface area contributed by atoms with Crippen LogP contribution < -0.4 is 5.73 Å². The lowest BCUT2D eigenvalue weighted by Gasteiger charge is -2.16. The molecule has 1 aromatic rings. The molecule has 1 aliphatic heterocycles. The molecule has 2 rings (SSSR count). The summed E-state index contributed by atoms with van der Waals surface area (Å²) in [5, 5.41) is 0. The van der Waals surface area contributed by atoms with Gasteiger partial charge in [0.1, 0.15) is 10.7 Å². The summed E-state index contributed by atoms with van der Waals surface area (Å²) in [6, 6.07) is 3.96. The lowest BCUT2D eigenvalue weighted by molar-refractivity contribution is 0.453. The Morgan fingerprint density at radius 2 is 2.16 bits per heavy atom. The van der Waals surface area contributed by atoms with Crippen molar-refractivity contribution in [1.82, 2.24) is 4.31 Å². The fourth-order valence-electron chi connectivity index (χ4n) is 2.03. The zero-order chi connectivity index (χ0) is 13.3. The Morgan fingerprint density at radius 3 is 2.68 bits per heavy atom. The van der Waals surface area contributed by atoms with Crippen LogP contribution in [0.15, 0.2) is 27.6 Å². The summed E-state index contributed by atoms with van der Waals surface area (Å²) in [5.74, 6) is -0.571. The van der Waals surface area contributed by atoms with E-state index in [9.17, 15) is 12.8 Å². The van der Waals surface area contributed by atoms with Crippen molar-refractivity contribution in [3.05, 3.63) is 28.5 Å². The standard InChI is InChI=1S/C11H14BrFN2O2S.ClH/c12-9-1-2-11(10(13)5-9)18(16,17)15-4-3-8(6-14)7-15;/h1-2,5,8H,3-4,6-7,14H2;1H. The molecule has 1 heterocycles. The third kappa shape index (κ3) is 3.46. The number of nitrogens with zero attached hydrogens (tertiary/aromatic N) is 1.